The van der Waals surface area contributed by atoms with Gasteiger partial charge in [-0.25, -0.2) is 4.39 Å². The molecule has 1 aromatic carbocycles. The molecule has 0 atom stereocenters. The van der Waals surface area contributed by atoms with Gasteiger partial charge in [0.2, 0.25) is 5.82 Å². The predicted molar refractivity (Wildman–Crippen MR) is 149 cm³/mol. The summed E-state index contributed by atoms with van der Waals surface area (Å²) < 4.78 is 46.8. The second-order valence-electron chi connectivity index (χ2n) is 10.6. The van der Waals surface area contributed by atoms with Crippen molar-refractivity contribution in [2.24, 2.45) is 5.92 Å². The smallest absolute Gasteiger partial charge is 0.201 e. The highest BCUT2D eigenvalue weighted by atomic mass is 19.2. The van der Waals surface area contributed by atoms with E-state index in [-0.39, 0.29) is 11.3 Å². The van der Waals surface area contributed by atoms with E-state index in [1.165, 1.54) is 69.9 Å². The maximum absolute atomic E-state index is 14.8. The van der Waals surface area contributed by atoms with Gasteiger partial charge in [0.25, 0.3) is 0 Å². The first kappa shape index (κ1) is 30.5. The first-order chi connectivity index (χ1) is 18.6. The Morgan fingerprint density at radius 2 is 1.39 bits per heavy atom. The number of rotatable bonds is 18. The molecule has 1 fully saturated rings. The van der Waals surface area contributed by atoms with E-state index < -0.39 is 17.9 Å². The number of ether oxygens (including phenoxy) is 3. The van der Waals surface area contributed by atoms with Crippen molar-refractivity contribution in [1.82, 2.24) is 4.98 Å². The quantitative estimate of drug-likeness (QED) is 0.180. The Balaban J connectivity index is 1.41. The number of halogens is 2. The summed E-state index contributed by atoms with van der Waals surface area (Å²) >= 11 is 0. The van der Waals surface area contributed by atoms with Gasteiger partial charge in [-0.05, 0) is 31.0 Å². The van der Waals surface area contributed by atoms with E-state index in [1.807, 2.05) is 6.07 Å². The van der Waals surface area contributed by atoms with Crippen LogP contribution in [-0.4, -0.2) is 24.8 Å². The van der Waals surface area contributed by atoms with Gasteiger partial charge in [0.15, 0.2) is 17.9 Å². The maximum atomic E-state index is 14.8. The second kappa shape index (κ2) is 17.5. The fourth-order valence-electron chi connectivity index (χ4n) is 4.90. The summed E-state index contributed by atoms with van der Waals surface area (Å²) in [6.45, 7) is 6.13. The number of hydrogen-bond donors (Lipinski definition) is 0. The van der Waals surface area contributed by atoms with Crippen LogP contribution in [0.25, 0.3) is 11.3 Å². The first-order valence-electron chi connectivity index (χ1n) is 14.9. The van der Waals surface area contributed by atoms with Crippen molar-refractivity contribution >= 4 is 0 Å². The number of aromatic nitrogens is 1. The molecule has 212 valence electrons. The lowest BCUT2D eigenvalue weighted by atomic mass is 10.0. The molecule has 0 aliphatic carbocycles. The van der Waals surface area contributed by atoms with Gasteiger partial charge >= 0.3 is 0 Å². The van der Waals surface area contributed by atoms with Crippen molar-refractivity contribution in [1.29, 1.82) is 0 Å². The number of benzene rings is 1. The Morgan fingerprint density at radius 3 is 2.03 bits per heavy atom. The molecule has 0 amide bonds. The lowest BCUT2D eigenvalue weighted by Crippen LogP contribution is -2.27. The van der Waals surface area contributed by atoms with E-state index in [1.54, 1.807) is 12.3 Å². The van der Waals surface area contributed by atoms with E-state index in [4.69, 9.17) is 14.2 Å². The van der Waals surface area contributed by atoms with Crippen LogP contribution in [0.1, 0.15) is 116 Å². The van der Waals surface area contributed by atoms with E-state index in [2.05, 4.69) is 18.8 Å². The zero-order valence-electron chi connectivity index (χ0n) is 23.5. The monoisotopic (exact) mass is 531 g/mol. The van der Waals surface area contributed by atoms with Crippen LogP contribution in [-0.2, 0) is 9.47 Å². The van der Waals surface area contributed by atoms with E-state index in [0.717, 1.165) is 37.7 Å². The van der Waals surface area contributed by atoms with E-state index in [0.29, 0.717) is 31.4 Å². The number of nitrogens with zero attached hydrogens (tertiary/aromatic N) is 1. The van der Waals surface area contributed by atoms with Gasteiger partial charge in [-0.2, -0.15) is 4.39 Å². The molecule has 1 aliphatic heterocycles. The third-order valence-electron chi connectivity index (χ3n) is 7.32. The standard InChI is InChI=1S/C32H47F2NO3/c1-3-5-7-9-10-11-12-14-16-25-23-37-32(38-24-25)26-17-19-28(35-22-26)27-18-20-29(31(34)30(27)33)36-21-15-13-8-6-4-2/h17-20,22,25,32H,3-16,21,23-24H2,1-2H3. The van der Waals surface area contributed by atoms with Gasteiger partial charge in [-0.15, -0.1) is 0 Å². The molecule has 0 N–H and O–H groups in total. The molecule has 2 heterocycles. The van der Waals surface area contributed by atoms with Gasteiger partial charge in [0.05, 0.1) is 25.5 Å². The zero-order valence-corrected chi connectivity index (χ0v) is 23.5. The molecular formula is C32H47F2NO3. The van der Waals surface area contributed by atoms with Gasteiger partial charge < -0.3 is 14.2 Å². The van der Waals surface area contributed by atoms with Crippen LogP contribution in [0.3, 0.4) is 0 Å². The molecule has 1 aromatic heterocycles. The van der Waals surface area contributed by atoms with Gasteiger partial charge in [0.1, 0.15) is 0 Å². The first-order valence-corrected chi connectivity index (χ1v) is 14.9. The zero-order chi connectivity index (χ0) is 27.0. The van der Waals surface area contributed by atoms with Crippen LogP contribution < -0.4 is 4.74 Å². The minimum absolute atomic E-state index is 0.0519. The predicted octanol–water partition coefficient (Wildman–Crippen LogP) is 9.57. The minimum atomic E-state index is -0.969. The minimum Gasteiger partial charge on any atom is -0.490 e. The second-order valence-corrected chi connectivity index (χ2v) is 10.6. The van der Waals surface area contributed by atoms with Crippen molar-refractivity contribution in [2.75, 3.05) is 19.8 Å². The lowest BCUT2D eigenvalue weighted by Gasteiger charge is -2.29. The third kappa shape index (κ3) is 9.92. The summed E-state index contributed by atoms with van der Waals surface area (Å²) in [7, 11) is 0. The van der Waals surface area contributed by atoms with Crippen molar-refractivity contribution < 1.29 is 23.0 Å². The van der Waals surface area contributed by atoms with Crippen LogP contribution in [0.4, 0.5) is 8.78 Å². The molecule has 6 heteroatoms. The normalized spacial score (nSPS) is 17.6. The van der Waals surface area contributed by atoms with Gasteiger partial charge in [0, 0.05) is 23.2 Å². The number of unbranched alkanes of at least 4 members (excludes halogenated alkanes) is 11. The largest absolute Gasteiger partial charge is 0.490 e. The molecule has 38 heavy (non-hydrogen) atoms. The molecule has 0 spiro atoms. The lowest BCUT2D eigenvalue weighted by molar-refractivity contribution is -0.206. The Hall–Kier alpha value is -2.05. The molecule has 4 nitrogen and oxygen atoms in total. The van der Waals surface area contributed by atoms with E-state index in [9.17, 15) is 8.78 Å². The summed E-state index contributed by atoms with van der Waals surface area (Å²) in [5, 5.41) is 0. The van der Waals surface area contributed by atoms with Crippen LogP contribution >= 0.6 is 0 Å². The van der Waals surface area contributed by atoms with Crippen molar-refractivity contribution in [3.05, 3.63) is 47.7 Å². The van der Waals surface area contributed by atoms with Crippen molar-refractivity contribution in [3.8, 4) is 17.0 Å². The SMILES string of the molecule is CCCCCCCCCCC1COC(c2ccc(-c3ccc(OCCCCCCC)c(F)c3F)nc2)OC1. The molecule has 1 saturated heterocycles. The summed E-state index contributed by atoms with van der Waals surface area (Å²) in [4.78, 5) is 4.37. The molecule has 3 rings (SSSR count). The maximum Gasteiger partial charge on any atom is 0.201 e. The highest BCUT2D eigenvalue weighted by Crippen LogP contribution is 2.31. The summed E-state index contributed by atoms with van der Waals surface area (Å²) in [6.07, 6.45) is 18.2. The Labute approximate surface area is 228 Å². The van der Waals surface area contributed by atoms with Crippen LogP contribution in [0.2, 0.25) is 0 Å². The molecule has 2 aromatic rings. The Morgan fingerprint density at radius 1 is 0.763 bits per heavy atom. The Bertz CT molecular complexity index is 914. The average molecular weight is 532 g/mol. The molecule has 1 aliphatic rings. The van der Waals surface area contributed by atoms with Gasteiger partial charge in [-0.3, -0.25) is 4.98 Å². The molecular weight excluding hydrogens is 484 g/mol. The average Bonchev–Trinajstić information content (AvgIpc) is 2.95. The summed E-state index contributed by atoms with van der Waals surface area (Å²) in [5.41, 5.74) is 1.25. The molecule has 0 bridgehead atoms. The number of hydrogen-bond acceptors (Lipinski definition) is 4. The van der Waals surface area contributed by atoms with Crippen molar-refractivity contribution in [3.63, 3.8) is 0 Å². The van der Waals surface area contributed by atoms with Crippen LogP contribution in [0, 0.1) is 17.6 Å². The third-order valence-corrected chi connectivity index (χ3v) is 7.32. The fourth-order valence-corrected chi connectivity index (χ4v) is 4.90. The van der Waals surface area contributed by atoms with Crippen LogP contribution in [0.15, 0.2) is 30.5 Å². The topological polar surface area (TPSA) is 40.6 Å². The molecule has 0 radical (unpaired) electrons. The van der Waals surface area contributed by atoms with Crippen molar-refractivity contribution in [2.45, 2.75) is 110 Å². The fraction of sp³-hybridized carbons (Fsp3) is 0.656. The molecule has 0 saturated carbocycles. The van der Waals surface area contributed by atoms with E-state index >= 15 is 0 Å². The highest BCUT2D eigenvalue weighted by Gasteiger charge is 2.24. The Kier molecular flexibility index (Phi) is 14.1. The summed E-state index contributed by atoms with van der Waals surface area (Å²) in [5.74, 6) is -1.54. The summed E-state index contributed by atoms with van der Waals surface area (Å²) in [6, 6.07) is 6.50. The highest BCUT2D eigenvalue weighted by molar-refractivity contribution is 5.61. The van der Waals surface area contributed by atoms with Crippen LogP contribution in [0.5, 0.6) is 5.75 Å². The number of pyridine rings is 1. The van der Waals surface area contributed by atoms with Gasteiger partial charge in [-0.1, -0.05) is 97.0 Å². The molecule has 0 unspecified atom stereocenters.